The Bertz CT molecular complexity index is 593. The number of ether oxygens (including phenoxy) is 2. The van der Waals surface area contributed by atoms with Crippen LogP contribution in [0.25, 0.3) is 0 Å². The number of nitrogens with two attached hydrogens (primary N) is 1. The van der Waals surface area contributed by atoms with Crippen molar-refractivity contribution in [2.45, 2.75) is 26.8 Å². The Balaban J connectivity index is 1.75. The summed E-state index contributed by atoms with van der Waals surface area (Å²) in [6, 6.07) is 7.85. The van der Waals surface area contributed by atoms with Gasteiger partial charge in [-0.1, -0.05) is 12.1 Å². The third-order valence-electron chi connectivity index (χ3n) is 3.38. The standard InChI is InChI=1S/C16H23N3O2/c1-12-16(13(2)19(3)18-12)21-9-5-8-20-15-7-4-6-14(10-15)11-17/h4,6-7,10H,5,8-9,11,17H2,1-3H3. The molecule has 5 nitrogen and oxygen atoms in total. The summed E-state index contributed by atoms with van der Waals surface area (Å²) >= 11 is 0. The molecule has 0 radical (unpaired) electrons. The van der Waals surface area contributed by atoms with Crippen molar-refractivity contribution in [1.29, 1.82) is 0 Å². The van der Waals surface area contributed by atoms with Crippen molar-refractivity contribution < 1.29 is 9.47 Å². The molecular formula is C16H23N3O2. The Kier molecular flexibility index (Phi) is 5.22. The van der Waals surface area contributed by atoms with E-state index in [9.17, 15) is 0 Å². The van der Waals surface area contributed by atoms with Crippen LogP contribution in [-0.4, -0.2) is 23.0 Å². The van der Waals surface area contributed by atoms with Gasteiger partial charge in [0.15, 0.2) is 5.75 Å². The molecule has 114 valence electrons. The lowest BCUT2D eigenvalue weighted by atomic mass is 10.2. The predicted molar refractivity (Wildman–Crippen MR) is 82.6 cm³/mol. The van der Waals surface area contributed by atoms with Crippen molar-refractivity contribution in [3.63, 3.8) is 0 Å². The first kappa shape index (κ1) is 15.4. The van der Waals surface area contributed by atoms with Crippen molar-refractivity contribution in [1.82, 2.24) is 9.78 Å². The molecule has 2 rings (SSSR count). The van der Waals surface area contributed by atoms with Crippen molar-refractivity contribution in [2.75, 3.05) is 13.2 Å². The summed E-state index contributed by atoms with van der Waals surface area (Å²) in [4.78, 5) is 0. The first-order chi connectivity index (χ1) is 10.1. The summed E-state index contributed by atoms with van der Waals surface area (Å²) < 4.78 is 13.3. The minimum Gasteiger partial charge on any atom is -0.493 e. The summed E-state index contributed by atoms with van der Waals surface area (Å²) in [5.41, 5.74) is 8.65. The van der Waals surface area contributed by atoms with Crippen molar-refractivity contribution in [3.8, 4) is 11.5 Å². The zero-order chi connectivity index (χ0) is 15.2. The van der Waals surface area contributed by atoms with Crippen molar-refractivity contribution in [3.05, 3.63) is 41.2 Å². The molecule has 0 aliphatic rings. The van der Waals surface area contributed by atoms with Gasteiger partial charge in [0.1, 0.15) is 11.4 Å². The van der Waals surface area contributed by atoms with Crippen LogP contribution in [0.1, 0.15) is 23.4 Å². The topological polar surface area (TPSA) is 62.3 Å². The van der Waals surface area contributed by atoms with Crippen molar-refractivity contribution >= 4 is 0 Å². The second-order valence-corrected chi connectivity index (χ2v) is 5.03. The quantitative estimate of drug-likeness (QED) is 0.795. The summed E-state index contributed by atoms with van der Waals surface area (Å²) in [5, 5.41) is 4.32. The molecular weight excluding hydrogens is 266 g/mol. The molecule has 0 unspecified atom stereocenters. The molecule has 0 amide bonds. The van der Waals surface area contributed by atoms with E-state index < -0.39 is 0 Å². The van der Waals surface area contributed by atoms with Gasteiger partial charge in [-0.25, -0.2) is 0 Å². The van der Waals surface area contributed by atoms with Crippen molar-refractivity contribution in [2.24, 2.45) is 12.8 Å². The fourth-order valence-corrected chi connectivity index (χ4v) is 2.15. The van der Waals surface area contributed by atoms with Gasteiger partial charge in [0.2, 0.25) is 0 Å². The zero-order valence-corrected chi connectivity index (χ0v) is 12.9. The Hall–Kier alpha value is -2.01. The van der Waals surface area contributed by atoms with Gasteiger partial charge in [-0.15, -0.1) is 0 Å². The van der Waals surface area contributed by atoms with Crippen LogP contribution in [0.5, 0.6) is 11.5 Å². The Morgan fingerprint density at radius 1 is 1.19 bits per heavy atom. The van der Waals surface area contributed by atoms with Gasteiger partial charge >= 0.3 is 0 Å². The summed E-state index contributed by atoms with van der Waals surface area (Å²) in [6.45, 7) is 5.72. The minimum absolute atomic E-state index is 0.528. The number of rotatable bonds is 7. The zero-order valence-electron chi connectivity index (χ0n) is 12.9. The summed E-state index contributed by atoms with van der Waals surface area (Å²) in [7, 11) is 1.92. The van der Waals surface area contributed by atoms with Crippen LogP contribution < -0.4 is 15.2 Å². The molecule has 5 heteroatoms. The van der Waals surface area contributed by atoms with Gasteiger partial charge in [0.25, 0.3) is 0 Å². The highest BCUT2D eigenvalue weighted by molar-refractivity contribution is 5.31. The molecule has 0 saturated heterocycles. The van der Waals surface area contributed by atoms with Crippen LogP contribution in [0.15, 0.2) is 24.3 Å². The fraction of sp³-hybridized carbons (Fsp3) is 0.438. The van der Waals surface area contributed by atoms with Gasteiger partial charge < -0.3 is 15.2 Å². The average Bonchev–Trinajstić information content (AvgIpc) is 2.73. The van der Waals surface area contributed by atoms with E-state index >= 15 is 0 Å². The SMILES string of the molecule is Cc1nn(C)c(C)c1OCCCOc1cccc(CN)c1. The molecule has 1 aromatic carbocycles. The number of benzene rings is 1. The van der Waals surface area contributed by atoms with Crippen LogP contribution in [-0.2, 0) is 13.6 Å². The first-order valence-electron chi connectivity index (χ1n) is 7.16. The van der Waals surface area contributed by atoms with Gasteiger partial charge in [0.05, 0.1) is 18.9 Å². The molecule has 0 fully saturated rings. The molecule has 1 aromatic heterocycles. The van der Waals surface area contributed by atoms with E-state index in [1.807, 2.05) is 49.8 Å². The van der Waals surface area contributed by atoms with Crippen LogP contribution in [0.3, 0.4) is 0 Å². The Morgan fingerprint density at radius 2 is 1.95 bits per heavy atom. The lowest BCUT2D eigenvalue weighted by Gasteiger charge is -2.09. The molecule has 2 N–H and O–H groups in total. The highest BCUT2D eigenvalue weighted by Crippen LogP contribution is 2.21. The normalized spacial score (nSPS) is 10.7. The predicted octanol–water partition coefficient (Wildman–Crippen LogP) is 2.34. The smallest absolute Gasteiger partial charge is 0.162 e. The molecule has 0 saturated carbocycles. The highest BCUT2D eigenvalue weighted by atomic mass is 16.5. The lowest BCUT2D eigenvalue weighted by molar-refractivity contribution is 0.245. The number of nitrogens with zero attached hydrogens (tertiary/aromatic N) is 2. The molecule has 0 aliphatic heterocycles. The molecule has 0 bridgehead atoms. The van der Waals surface area contributed by atoms with E-state index in [-0.39, 0.29) is 0 Å². The van der Waals surface area contributed by atoms with E-state index in [0.29, 0.717) is 19.8 Å². The molecule has 1 heterocycles. The largest absolute Gasteiger partial charge is 0.493 e. The number of aromatic nitrogens is 2. The van der Waals surface area contributed by atoms with E-state index in [4.69, 9.17) is 15.2 Å². The maximum absolute atomic E-state index is 5.79. The van der Waals surface area contributed by atoms with Crippen LogP contribution in [0, 0.1) is 13.8 Å². The van der Waals surface area contributed by atoms with Crippen LogP contribution in [0.2, 0.25) is 0 Å². The van der Waals surface area contributed by atoms with E-state index in [1.54, 1.807) is 0 Å². The maximum atomic E-state index is 5.79. The Morgan fingerprint density at radius 3 is 2.62 bits per heavy atom. The maximum Gasteiger partial charge on any atom is 0.162 e. The van der Waals surface area contributed by atoms with Gasteiger partial charge in [-0.05, 0) is 31.5 Å². The monoisotopic (exact) mass is 289 g/mol. The third kappa shape index (κ3) is 3.98. The Labute approximate surface area is 125 Å². The first-order valence-corrected chi connectivity index (χ1v) is 7.16. The average molecular weight is 289 g/mol. The number of aryl methyl sites for hydroxylation is 2. The summed E-state index contributed by atoms with van der Waals surface area (Å²) in [6.07, 6.45) is 0.820. The third-order valence-corrected chi connectivity index (χ3v) is 3.38. The van der Waals surface area contributed by atoms with Gasteiger partial charge in [0, 0.05) is 20.0 Å². The number of hydrogen-bond donors (Lipinski definition) is 1. The molecule has 0 aliphatic carbocycles. The van der Waals surface area contributed by atoms with Crippen LogP contribution in [0.4, 0.5) is 0 Å². The molecule has 21 heavy (non-hydrogen) atoms. The second kappa shape index (κ2) is 7.13. The molecule has 2 aromatic rings. The van der Waals surface area contributed by atoms with E-state index in [1.165, 1.54) is 0 Å². The summed E-state index contributed by atoms with van der Waals surface area (Å²) in [5.74, 6) is 1.73. The molecule has 0 atom stereocenters. The lowest BCUT2D eigenvalue weighted by Crippen LogP contribution is -2.06. The second-order valence-electron chi connectivity index (χ2n) is 5.03. The van der Waals surface area contributed by atoms with E-state index in [0.717, 1.165) is 34.9 Å². The fourth-order valence-electron chi connectivity index (χ4n) is 2.15. The van der Waals surface area contributed by atoms with Gasteiger partial charge in [-0.2, -0.15) is 5.10 Å². The number of hydrogen-bond acceptors (Lipinski definition) is 4. The van der Waals surface area contributed by atoms with Gasteiger partial charge in [-0.3, -0.25) is 4.68 Å². The highest BCUT2D eigenvalue weighted by Gasteiger charge is 2.09. The van der Waals surface area contributed by atoms with E-state index in [2.05, 4.69) is 5.10 Å². The van der Waals surface area contributed by atoms with Crippen LogP contribution >= 0.6 is 0 Å². The molecule has 0 spiro atoms. The minimum atomic E-state index is 0.528.